The zero-order valence-corrected chi connectivity index (χ0v) is 15.7. The second-order valence-corrected chi connectivity index (χ2v) is 7.78. The molecule has 0 bridgehead atoms. The lowest BCUT2D eigenvalue weighted by Crippen LogP contribution is -2.14. The van der Waals surface area contributed by atoms with Gasteiger partial charge in [0.1, 0.15) is 0 Å². The van der Waals surface area contributed by atoms with Crippen molar-refractivity contribution in [3.8, 4) is 0 Å². The largest absolute Gasteiger partial charge is 0.341 e. The molecule has 3 rings (SSSR count). The fraction of sp³-hybridized carbons (Fsp3) is 0.0500. The molecular formula is C20H15F2N3O3S. The van der Waals surface area contributed by atoms with Gasteiger partial charge in [0.05, 0.1) is 16.3 Å². The predicted octanol–water partition coefficient (Wildman–Crippen LogP) is 5.35. The maximum atomic E-state index is 12.5. The number of benzene rings is 3. The minimum Gasteiger partial charge on any atom is -0.322 e. The summed E-state index contributed by atoms with van der Waals surface area (Å²) in [5.74, 6) is -4.02. The number of nitrogens with zero attached hydrogens (tertiary/aromatic N) is 2. The molecule has 0 aliphatic carbocycles. The third-order valence-electron chi connectivity index (χ3n) is 3.84. The van der Waals surface area contributed by atoms with E-state index >= 15 is 0 Å². The Labute approximate surface area is 165 Å². The van der Waals surface area contributed by atoms with Crippen LogP contribution in [-0.4, -0.2) is 20.1 Å². The number of hydrogen-bond acceptors (Lipinski definition) is 5. The highest BCUT2D eigenvalue weighted by Crippen LogP contribution is 2.21. The second-order valence-electron chi connectivity index (χ2n) is 5.87. The number of sulfone groups is 1. The van der Waals surface area contributed by atoms with Crippen LogP contribution in [0.5, 0.6) is 0 Å². The number of carbonyl (C=O) groups excluding carboxylic acids is 1. The van der Waals surface area contributed by atoms with E-state index in [2.05, 4.69) is 15.5 Å². The molecule has 0 fully saturated rings. The number of anilines is 1. The number of halogens is 2. The van der Waals surface area contributed by atoms with Crippen LogP contribution in [0.15, 0.2) is 94.0 Å². The molecule has 0 aliphatic heterocycles. The van der Waals surface area contributed by atoms with Crippen LogP contribution in [0.2, 0.25) is 0 Å². The summed E-state index contributed by atoms with van der Waals surface area (Å²) < 4.78 is 47.9. The van der Waals surface area contributed by atoms with Crippen molar-refractivity contribution < 1.29 is 22.0 Å². The van der Waals surface area contributed by atoms with Gasteiger partial charge in [-0.15, -0.1) is 0 Å². The average molecular weight is 415 g/mol. The number of alkyl halides is 2. The summed E-state index contributed by atoms with van der Waals surface area (Å²) >= 11 is 0. The van der Waals surface area contributed by atoms with Crippen LogP contribution >= 0.6 is 0 Å². The highest BCUT2D eigenvalue weighted by Gasteiger charge is 2.26. The average Bonchev–Trinajstić information content (AvgIpc) is 2.74. The second kappa shape index (κ2) is 8.70. The van der Waals surface area contributed by atoms with Crippen LogP contribution in [0, 0.1) is 0 Å². The molecule has 0 radical (unpaired) electrons. The van der Waals surface area contributed by atoms with Gasteiger partial charge in [-0.1, -0.05) is 18.2 Å². The molecule has 3 aromatic rings. The minimum atomic E-state index is -4.69. The first kappa shape index (κ1) is 20.3. The summed E-state index contributed by atoms with van der Waals surface area (Å²) in [6.07, 6.45) is 0. The van der Waals surface area contributed by atoms with E-state index in [1.165, 1.54) is 12.1 Å². The van der Waals surface area contributed by atoms with Crippen molar-refractivity contribution in [2.24, 2.45) is 10.2 Å². The van der Waals surface area contributed by atoms with E-state index in [-0.39, 0.29) is 5.56 Å². The quantitative estimate of drug-likeness (QED) is 0.551. The van der Waals surface area contributed by atoms with Gasteiger partial charge in [-0.05, 0) is 60.7 Å². The van der Waals surface area contributed by atoms with Crippen LogP contribution < -0.4 is 5.32 Å². The third-order valence-corrected chi connectivity index (χ3v) is 5.24. The standard InChI is InChI=1S/C20H15F2N3O3S/c21-20(22)29(27,28)18-12-6-14(7-13-18)19(26)23-15-8-10-17(11-9-15)25-24-16-4-2-1-3-5-16/h1-13,20H,(H,23,26). The Bertz CT molecular complexity index is 1120. The van der Waals surface area contributed by atoms with Gasteiger partial charge in [0.2, 0.25) is 9.84 Å². The van der Waals surface area contributed by atoms with Gasteiger partial charge in [0.25, 0.3) is 5.91 Å². The lowest BCUT2D eigenvalue weighted by molar-refractivity contribution is 0.102. The van der Waals surface area contributed by atoms with E-state index < -0.39 is 26.4 Å². The topological polar surface area (TPSA) is 88.0 Å². The number of rotatable bonds is 6. The van der Waals surface area contributed by atoms with Crippen molar-refractivity contribution in [2.45, 2.75) is 10.7 Å². The lowest BCUT2D eigenvalue weighted by atomic mass is 10.2. The Kier molecular flexibility index (Phi) is 6.08. The number of azo groups is 1. The maximum absolute atomic E-state index is 12.5. The van der Waals surface area contributed by atoms with Gasteiger partial charge in [0, 0.05) is 11.3 Å². The van der Waals surface area contributed by atoms with E-state index in [9.17, 15) is 22.0 Å². The molecule has 0 heterocycles. The van der Waals surface area contributed by atoms with Gasteiger partial charge in [-0.3, -0.25) is 4.79 Å². The van der Waals surface area contributed by atoms with E-state index in [0.29, 0.717) is 17.1 Å². The number of nitrogens with one attached hydrogen (secondary N) is 1. The molecule has 0 saturated carbocycles. The maximum Gasteiger partial charge on any atom is 0.341 e. The highest BCUT2D eigenvalue weighted by atomic mass is 32.2. The van der Waals surface area contributed by atoms with Gasteiger partial charge in [-0.2, -0.15) is 19.0 Å². The molecule has 1 amide bonds. The molecule has 0 aliphatic rings. The number of carbonyl (C=O) groups is 1. The van der Waals surface area contributed by atoms with Crippen LogP contribution in [0.3, 0.4) is 0 Å². The molecular weight excluding hydrogens is 400 g/mol. The summed E-state index contributed by atoms with van der Waals surface area (Å²) in [5.41, 5.74) is 1.92. The van der Waals surface area contributed by atoms with E-state index in [1.807, 2.05) is 30.3 Å². The van der Waals surface area contributed by atoms with Crippen molar-refractivity contribution in [3.63, 3.8) is 0 Å². The van der Waals surface area contributed by atoms with Gasteiger partial charge < -0.3 is 5.32 Å². The molecule has 0 aromatic heterocycles. The molecule has 3 aromatic carbocycles. The SMILES string of the molecule is O=C(Nc1ccc(N=Nc2ccccc2)cc1)c1ccc(S(=O)(=O)C(F)F)cc1. The van der Waals surface area contributed by atoms with E-state index in [1.54, 1.807) is 24.3 Å². The van der Waals surface area contributed by atoms with Gasteiger partial charge in [-0.25, -0.2) is 8.42 Å². The lowest BCUT2D eigenvalue weighted by Gasteiger charge is -2.07. The fourth-order valence-corrected chi connectivity index (χ4v) is 3.04. The number of amides is 1. The molecule has 9 heteroatoms. The molecule has 0 spiro atoms. The van der Waals surface area contributed by atoms with Crippen molar-refractivity contribution in [3.05, 3.63) is 84.4 Å². The molecule has 148 valence electrons. The van der Waals surface area contributed by atoms with E-state index in [4.69, 9.17) is 0 Å². The van der Waals surface area contributed by atoms with Crippen molar-refractivity contribution in [1.82, 2.24) is 0 Å². The smallest absolute Gasteiger partial charge is 0.322 e. The highest BCUT2D eigenvalue weighted by molar-refractivity contribution is 7.91. The normalized spacial score (nSPS) is 11.7. The van der Waals surface area contributed by atoms with E-state index in [0.717, 1.165) is 12.1 Å². The molecule has 0 atom stereocenters. The molecule has 29 heavy (non-hydrogen) atoms. The van der Waals surface area contributed by atoms with Crippen LogP contribution in [0.4, 0.5) is 25.8 Å². The van der Waals surface area contributed by atoms with Crippen LogP contribution in [0.1, 0.15) is 10.4 Å². The summed E-state index contributed by atoms with van der Waals surface area (Å²) in [6.45, 7) is 0. The first-order valence-corrected chi connectivity index (χ1v) is 9.91. The van der Waals surface area contributed by atoms with Crippen molar-refractivity contribution in [2.75, 3.05) is 5.32 Å². The Morgan fingerprint density at radius 1 is 0.793 bits per heavy atom. The third kappa shape index (κ3) is 5.08. The van der Waals surface area contributed by atoms with Crippen LogP contribution in [0.25, 0.3) is 0 Å². The Morgan fingerprint density at radius 2 is 1.34 bits per heavy atom. The molecule has 1 N–H and O–H groups in total. The Hall–Kier alpha value is -3.46. The Balaban J connectivity index is 1.66. The predicted molar refractivity (Wildman–Crippen MR) is 105 cm³/mol. The first-order valence-electron chi connectivity index (χ1n) is 8.36. The fourth-order valence-electron chi connectivity index (χ4n) is 2.32. The molecule has 0 saturated heterocycles. The molecule has 0 unspecified atom stereocenters. The summed E-state index contributed by atoms with van der Waals surface area (Å²) in [5, 5.41) is 10.8. The van der Waals surface area contributed by atoms with Crippen molar-refractivity contribution in [1.29, 1.82) is 0 Å². The molecule has 6 nitrogen and oxygen atoms in total. The zero-order chi connectivity index (χ0) is 20.9. The summed E-state index contributed by atoms with van der Waals surface area (Å²) in [6, 6.07) is 20.1. The number of hydrogen-bond donors (Lipinski definition) is 1. The minimum absolute atomic E-state index is 0.131. The zero-order valence-electron chi connectivity index (χ0n) is 14.9. The van der Waals surface area contributed by atoms with Gasteiger partial charge >= 0.3 is 5.76 Å². The Morgan fingerprint density at radius 3 is 1.90 bits per heavy atom. The van der Waals surface area contributed by atoms with Crippen LogP contribution in [-0.2, 0) is 9.84 Å². The summed E-state index contributed by atoms with van der Waals surface area (Å²) in [4.78, 5) is 11.7. The monoisotopic (exact) mass is 415 g/mol. The van der Waals surface area contributed by atoms with Crippen molar-refractivity contribution >= 4 is 32.8 Å². The first-order chi connectivity index (χ1) is 13.9. The van der Waals surface area contributed by atoms with Gasteiger partial charge in [0.15, 0.2) is 0 Å². The summed E-state index contributed by atoms with van der Waals surface area (Å²) in [7, 11) is -4.69.